The Bertz CT molecular complexity index is 156. The van der Waals surface area contributed by atoms with E-state index in [1.807, 2.05) is 0 Å². The Balaban J connectivity index is 3.60. The number of nitrogens with zero attached hydrogens (tertiary/aromatic N) is 1. The highest BCUT2D eigenvalue weighted by molar-refractivity contribution is 5.76. The standard InChI is InChI=1S/C7H13NO3/c1-3-6(9)8(2)5-4-7(10)11/h3-5H2,1-2H3,(H,10,11). The maximum absolute atomic E-state index is 10.9. The van der Waals surface area contributed by atoms with Gasteiger partial charge in [0.25, 0.3) is 0 Å². The average Bonchev–Trinajstić information content (AvgIpc) is 1.98. The summed E-state index contributed by atoms with van der Waals surface area (Å²) in [6.45, 7) is 2.04. The van der Waals surface area contributed by atoms with Crippen molar-refractivity contribution in [2.45, 2.75) is 19.8 Å². The van der Waals surface area contributed by atoms with Crippen LogP contribution in [0, 0.1) is 0 Å². The molecule has 0 atom stereocenters. The number of amides is 1. The molecule has 64 valence electrons. The Labute approximate surface area is 65.8 Å². The molecule has 4 nitrogen and oxygen atoms in total. The van der Waals surface area contributed by atoms with Crippen molar-refractivity contribution in [2.75, 3.05) is 13.6 Å². The van der Waals surface area contributed by atoms with Gasteiger partial charge >= 0.3 is 5.97 Å². The van der Waals surface area contributed by atoms with Crippen molar-refractivity contribution in [3.05, 3.63) is 0 Å². The van der Waals surface area contributed by atoms with Crippen molar-refractivity contribution in [1.29, 1.82) is 0 Å². The lowest BCUT2D eigenvalue weighted by Crippen LogP contribution is -2.28. The van der Waals surface area contributed by atoms with E-state index in [4.69, 9.17) is 5.11 Å². The van der Waals surface area contributed by atoms with Gasteiger partial charge in [-0.1, -0.05) is 6.92 Å². The van der Waals surface area contributed by atoms with Crippen molar-refractivity contribution in [2.24, 2.45) is 0 Å². The number of carboxylic acids is 1. The molecule has 0 aromatic heterocycles. The predicted octanol–water partition coefficient (Wildman–Crippen LogP) is 0.329. The third-order valence-electron chi connectivity index (χ3n) is 1.39. The van der Waals surface area contributed by atoms with Crippen LogP contribution in [-0.4, -0.2) is 35.5 Å². The maximum Gasteiger partial charge on any atom is 0.305 e. The lowest BCUT2D eigenvalue weighted by Gasteiger charge is -2.13. The van der Waals surface area contributed by atoms with E-state index in [-0.39, 0.29) is 12.3 Å². The van der Waals surface area contributed by atoms with Crippen molar-refractivity contribution in [1.82, 2.24) is 4.90 Å². The first-order chi connectivity index (χ1) is 5.07. The molecule has 4 heteroatoms. The number of aliphatic carboxylic acids is 1. The molecule has 0 spiro atoms. The minimum Gasteiger partial charge on any atom is -0.481 e. The van der Waals surface area contributed by atoms with Gasteiger partial charge in [-0.05, 0) is 0 Å². The Kier molecular flexibility index (Phi) is 4.26. The van der Waals surface area contributed by atoms with Crippen LogP contribution in [0.15, 0.2) is 0 Å². The Hall–Kier alpha value is -1.06. The van der Waals surface area contributed by atoms with Crippen LogP contribution < -0.4 is 0 Å². The number of carbonyl (C=O) groups excluding carboxylic acids is 1. The summed E-state index contributed by atoms with van der Waals surface area (Å²) in [5.74, 6) is -0.896. The summed E-state index contributed by atoms with van der Waals surface area (Å²) >= 11 is 0. The topological polar surface area (TPSA) is 57.6 Å². The summed E-state index contributed by atoms with van der Waals surface area (Å²) in [6, 6.07) is 0. The highest BCUT2D eigenvalue weighted by Gasteiger charge is 2.06. The van der Waals surface area contributed by atoms with E-state index in [9.17, 15) is 9.59 Å². The molecular weight excluding hydrogens is 146 g/mol. The van der Waals surface area contributed by atoms with Gasteiger partial charge in [0, 0.05) is 20.0 Å². The monoisotopic (exact) mass is 159 g/mol. The van der Waals surface area contributed by atoms with Gasteiger partial charge in [-0.25, -0.2) is 0 Å². The van der Waals surface area contributed by atoms with Crippen molar-refractivity contribution < 1.29 is 14.7 Å². The van der Waals surface area contributed by atoms with E-state index in [2.05, 4.69) is 0 Å². The predicted molar refractivity (Wildman–Crippen MR) is 40.2 cm³/mol. The number of hydrogen-bond donors (Lipinski definition) is 1. The average molecular weight is 159 g/mol. The third-order valence-corrected chi connectivity index (χ3v) is 1.39. The van der Waals surface area contributed by atoms with Crippen LogP contribution in [0.2, 0.25) is 0 Å². The van der Waals surface area contributed by atoms with E-state index in [1.54, 1.807) is 14.0 Å². The summed E-state index contributed by atoms with van der Waals surface area (Å²) < 4.78 is 0. The second-order valence-corrected chi connectivity index (χ2v) is 2.31. The molecule has 0 saturated carbocycles. The van der Waals surface area contributed by atoms with E-state index in [1.165, 1.54) is 4.90 Å². The Morgan fingerprint density at radius 3 is 2.36 bits per heavy atom. The van der Waals surface area contributed by atoms with Crippen LogP contribution in [0.25, 0.3) is 0 Å². The highest BCUT2D eigenvalue weighted by atomic mass is 16.4. The fourth-order valence-corrected chi connectivity index (χ4v) is 0.658. The lowest BCUT2D eigenvalue weighted by atomic mass is 10.3. The largest absolute Gasteiger partial charge is 0.481 e. The lowest BCUT2D eigenvalue weighted by molar-refractivity contribution is -0.138. The summed E-state index contributed by atoms with van der Waals surface area (Å²) in [4.78, 5) is 22.4. The molecular formula is C7H13NO3. The summed E-state index contributed by atoms with van der Waals surface area (Å²) in [6.07, 6.45) is 0.443. The van der Waals surface area contributed by atoms with Crippen LogP contribution in [0.5, 0.6) is 0 Å². The maximum atomic E-state index is 10.9. The SMILES string of the molecule is CCC(=O)N(C)CCC(=O)O. The first-order valence-electron chi connectivity index (χ1n) is 3.53. The molecule has 1 N–H and O–H groups in total. The molecule has 0 saturated heterocycles. The zero-order valence-electron chi connectivity index (χ0n) is 6.83. The van der Waals surface area contributed by atoms with E-state index in [0.29, 0.717) is 13.0 Å². The zero-order valence-corrected chi connectivity index (χ0v) is 6.83. The molecule has 0 aromatic rings. The molecule has 0 aliphatic heterocycles. The first kappa shape index (κ1) is 9.94. The molecule has 0 bridgehead atoms. The van der Waals surface area contributed by atoms with E-state index < -0.39 is 5.97 Å². The molecule has 0 aromatic carbocycles. The van der Waals surface area contributed by atoms with Crippen molar-refractivity contribution in [3.63, 3.8) is 0 Å². The minimum atomic E-state index is -0.874. The number of hydrogen-bond acceptors (Lipinski definition) is 2. The molecule has 11 heavy (non-hydrogen) atoms. The molecule has 1 amide bonds. The zero-order chi connectivity index (χ0) is 8.85. The van der Waals surface area contributed by atoms with Gasteiger partial charge in [-0.3, -0.25) is 9.59 Å². The van der Waals surface area contributed by atoms with Crippen LogP contribution in [0.3, 0.4) is 0 Å². The van der Waals surface area contributed by atoms with Crippen LogP contribution in [0.1, 0.15) is 19.8 Å². The van der Waals surface area contributed by atoms with Crippen molar-refractivity contribution >= 4 is 11.9 Å². The Morgan fingerprint density at radius 2 is 2.00 bits per heavy atom. The second kappa shape index (κ2) is 4.71. The number of carboxylic acid groups (broad SMARTS) is 1. The molecule has 0 heterocycles. The van der Waals surface area contributed by atoms with E-state index >= 15 is 0 Å². The van der Waals surface area contributed by atoms with Crippen LogP contribution in [0.4, 0.5) is 0 Å². The van der Waals surface area contributed by atoms with Gasteiger partial charge in [0.05, 0.1) is 6.42 Å². The van der Waals surface area contributed by atoms with Gasteiger partial charge < -0.3 is 10.0 Å². The molecule has 0 aliphatic rings. The first-order valence-corrected chi connectivity index (χ1v) is 3.53. The highest BCUT2D eigenvalue weighted by Crippen LogP contribution is 1.91. The summed E-state index contributed by atoms with van der Waals surface area (Å²) in [5, 5.41) is 8.28. The van der Waals surface area contributed by atoms with Gasteiger partial charge in [0.1, 0.15) is 0 Å². The molecule has 0 radical (unpaired) electrons. The summed E-state index contributed by atoms with van der Waals surface area (Å²) in [5.41, 5.74) is 0. The summed E-state index contributed by atoms with van der Waals surface area (Å²) in [7, 11) is 1.61. The number of carbonyl (C=O) groups is 2. The third kappa shape index (κ3) is 4.36. The van der Waals surface area contributed by atoms with E-state index in [0.717, 1.165) is 0 Å². The van der Waals surface area contributed by atoms with Crippen LogP contribution in [-0.2, 0) is 9.59 Å². The molecule has 0 fully saturated rings. The number of rotatable bonds is 4. The second-order valence-electron chi connectivity index (χ2n) is 2.31. The van der Waals surface area contributed by atoms with Gasteiger partial charge in [-0.15, -0.1) is 0 Å². The fourth-order valence-electron chi connectivity index (χ4n) is 0.658. The molecule has 0 unspecified atom stereocenters. The van der Waals surface area contributed by atoms with Crippen LogP contribution >= 0.6 is 0 Å². The Morgan fingerprint density at radius 1 is 1.45 bits per heavy atom. The molecule has 0 rings (SSSR count). The van der Waals surface area contributed by atoms with Gasteiger partial charge in [0.15, 0.2) is 0 Å². The quantitative estimate of drug-likeness (QED) is 0.643. The fraction of sp³-hybridized carbons (Fsp3) is 0.714. The molecule has 0 aliphatic carbocycles. The van der Waals surface area contributed by atoms with Gasteiger partial charge in [-0.2, -0.15) is 0 Å². The van der Waals surface area contributed by atoms with Gasteiger partial charge in [0.2, 0.25) is 5.91 Å². The minimum absolute atomic E-state index is 0.0161. The smallest absolute Gasteiger partial charge is 0.305 e. The van der Waals surface area contributed by atoms with Crippen molar-refractivity contribution in [3.8, 4) is 0 Å². The normalized spacial score (nSPS) is 9.27.